The molecule has 2 rings (SSSR count). The molecule has 0 saturated heterocycles. The van der Waals surface area contributed by atoms with E-state index in [1.807, 2.05) is 36.4 Å². The first-order valence-corrected chi connectivity index (χ1v) is 6.90. The smallest absolute Gasteiger partial charge is 0.331 e. The maximum absolute atomic E-state index is 11.5. The molecule has 1 heterocycles. The first-order chi connectivity index (χ1) is 9.78. The van der Waals surface area contributed by atoms with Crippen molar-refractivity contribution in [3.8, 4) is 0 Å². The minimum Gasteiger partial charge on any atom is -0.456 e. The van der Waals surface area contributed by atoms with Crippen LogP contribution in [0.5, 0.6) is 0 Å². The molecule has 0 radical (unpaired) electrons. The van der Waals surface area contributed by atoms with Crippen molar-refractivity contribution in [1.82, 2.24) is 0 Å². The number of allylic oxidation sites excluding steroid dienone is 1. The standard InChI is InChI=1S/C17H20O3/c1-2-3-7-15-10-16(20-17(18)11-15)13-19-12-14-8-5-4-6-9-14/h2,4-6,8-9,11,16H,1,3,7,10,12-13H2/t16-/m1/s1. The van der Waals surface area contributed by atoms with Crippen LogP contribution in [0.25, 0.3) is 0 Å². The van der Waals surface area contributed by atoms with Gasteiger partial charge in [-0.3, -0.25) is 0 Å². The van der Waals surface area contributed by atoms with E-state index in [-0.39, 0.29) is 12.1 Å². The fraction of sp³-hybridized carbons (Fsp3) is 0.353. The van der Waals surface area contributed by atoms with Crippen molar-refractivity contribution < 1.29 is 14.3 Å². The molecule has 1 aromatic carbocycles. The Hall–Kier alpha value is -1.87. The molecule has 20 heavy (non-hydrogen) atoms. The van der Waals surface area contributed by atoms with E-state index in [1.54, 1.807) is 6.08 Å². The van der Waals surface area contributed by atoms with Gasteiger partial charge in [-0.05, 0) is 18.4 Å². The maximum atomic E-state index is 11.5. The molecule has 3 nitrogen and oxygen atoms in total. The molecule has 0 amide bonds. The highest BCUT2D eigenvalue weighted by molar-refractivity contribution is 5.83. The van der Waals surface area contributed by atoms with Gasteiger partial charge in [0.1, 0.15) is 6.10 Å². The molecule has 0 fully saturated rings. The third-order valence-electron chi connectivity index (χ3n) is 3.18. The zero-order chi connectivity index (χ0) is 14.2. The lowest BCUT2D eigenvalue weighted by Crippen LogP contribution is -2.27. The van der Waals surface area contributed by atoms with E-state index >= 15 is 0 Å². The van der Waals surface area contributed by atoms with Crippen LogP contribution in [-0.4, -0.2) is 18.7 Å². The van der Waals surface area contributed by atoms with E-state index in [4.69, 9.17) is 9.47 Å². The van der Waals surface area contributed by atoms with Crippen molar-refractivity contribution in [2.75, 3.05) is 6.61 Å². The van der Waals surface area contributed by atoms with Crippen molar-refractivity contribution in [3.05, 3.63) is 60.2 Å². The Morgan fingerprint density at radius 3 is 2.90 bits per heavy atom. The molecule has 0 saturated carbocycles. The van der Waals surface area contributed by atoms with Gasteiger partial charge in [0.15, 0.2) is 0 Å². The second-order valence-corrected chi connectivity index (χ2v) is 4.89. The Labute approximate surface area is 119 Å². The minimum atomic E-state index is -0.261. The van der Waals surface area contributed by atoms with E-state index in [0.717, 1.165) is 30.4 Å². The van der Waals surface area contributed by atoms with E-state index in [0.29, 0.717) is 13.2 Å². The molecule has 106 valence electrons. The van der Waals surface area contributed by atoms with E-state index in [1.165, 1.54) is 0 Å². The summed E-state index contributed by atoms with van der Waals surface area (Å²) in [6.07, 6.45) is 5.80. The van der Waals surface area contributed by atoms with Gasteiger partial charge < -0.3 is 9.47 Å². The molecule has 0 bridgehead atoms. The van der Waals surface area contributed by atoms with Gasteiger partial charge in [0.25, 0.3) is 0 Å². The average Bonchev–Trinajstić information content (AvgIpc) is 2.46. The molecule has 1 aromatic rings. The first-order valence-electron chi connectivity index (χ1n) is 6.90. The highest BCUT2D eigenvalue weighted by atomic mass is 16.6. The lowest BCUT2D eigenvalue weighted by atomic mass is 10.0. The van der Waals surface area contributed by atoms with Crippen LogP contribution in [0.3, 0.4) is 0 Å². The van der Waals surface area contributed by atoms with Crippen LogP contribution >= 0.6 is 0 Å². The molecule has 1 aliphatic rings. The number of hydrogen-bond acceptors (Lipinski definition) is 3. The molecule has 1 aliphatic heterocycles. The third kappa shape index (κ3) is 4.67. The topological polar surface area (TPSA) is 35.5 Å². The number of benzene rings is 1. The Bertz CT molecular complexity index is 476. The number of hydrogen-bond donors (Lipinski definition) is 0. The molecule has 0 unspecified atom stereocenters. The van der Waals surface area contributed by atoms with Crippen LogP contribution in [0, 0.1) is 0 Å². The van der Waals surface area contributed by atoms with Gasteiger partial charge in [0.2, 0.25) is 0 Å². The number of esters is 1. The Kier molecular flexibility index (Phi) is 5.56. The van der Waals surface area contributed by atoms with Gasteiger partial charge >= 0.3 is 5.97 Å². The molecule has 0 N–H and O–H groups in total. The summed E-state index contributed by atoms with van der Waals surface area (Å²) < 4.78 is 10.9. The maximum Gasteiger partial charge on any atom is 0.331 e. The number of carbonyl (C=O) groups is 1. The number of carbonyl (C=O) groups excluding carboxylic acids is 1. The molecular weight excluding hydrogens is 252 g/mol. The Morgan fingerprint density at radius 2 is 2.15 bits per heavy atom. The summed E-state index contributed by atoms with van der Waals surface area (Å²) in [5.74, 6) is -0.261. The second kappa shape index (κ2) is 7.65. The van der Waals surface area contributed by atoms with Crippen LogP contribution in [0.4, 0.5) is 0 Å². The van der Waals surface area contributed by atoms with Crippen molar-refractivity contribution >= 4 is 5.97 Å². The van der Waals surface area contributed by atoms with E-state index < -0.39 is 0 Å². The zero-order valence-electron chi connectivity index (χ0n) is 11.6. The largest absolute Gasteiger partial charge is 0.456 e. The number of rotatable bonds is 7. The van der Waals surface area contributed by atoms with Crippen molar-refractivity contribution in [3.63, 3.8) is 0 Å². The Balaban J connectivity index is 1.77. The highest BCUT2D eigenvalue weighted by Crippen LogP contribution is 2.20. The van der Waals surface area contributed by atoms with Crippen LogP contribution in [0.15, 0.2) is 54.6 Å². The average molecular weight is 272 g/mol. The quantitative estimate of drug-likeness (QED) is 0.563. The highest BCUT2D eigenvalue weighted by Gasteiger charge is 2.21. The molecule has 0 spiro atoms. The second-order valence-electron chi connectivity index (χ2n) is 4.89. The normalized spacial score (nSPS) is 18.3. The summed E-state index contributed by atoms with van der Waals surface area (Å²) in [7, 11) is 0. The van der Waals surface area contributed by atoms with Gasteiger partial charge in [-0.25, -0.2) is 4.79 Å². The molecule has 3 heteroatoms. The summed E-state index contributed by atoms with van der Waals surface area (Å²) >= 11 is 0. The van der Waals surface area contributed by atoms with E-state index in [2.05, 4.69) is 6.58 Å². The van der Waals surface area contributed by atoms with Crippen LogP contribution in [0.2, 0.25) is 0 Å². The van der Waals surface area contributed by atoms with E-state index in [9.17, 15) is 4.79 Å². The fourth-order valence-corrected chi connectivity index (χ4v) is 2.20. The summed E-state index contributed by atoms with van der Waals surface area (Å²) in [4.78, 5) is 11.5. The summed E-state index contributed by atoms with van der Waals surface area (Å²) in [6, 6.07) is 9.97. The molecular formula is C17H20O3. The van der Waals surface area contributed by atoms with Gasteiger partial charge in [-0.15, -0.1) is 6.58 Å². The molecule has 1 atom stereocenters. The van der Waals surface area contributed by atoms with Crippen LogP contribution in [0.1, 0.15) is 24.8 Å². The first kappa shape index (κ1) is 14.5. The van der Waals surface area contributed by atoms with Crippen LogP contribution in [-0.2, 0) is 20.9 Å². The monoisotopic (exact) mass is 272 g/mol. The predicted molar refractivity (Wildman–Crippen MR) is 78.1 cm³/mol. The fourth-order valence-electron chi connectivity index (χ4n) is 2.20. The van der Waals surface area contributed by atoms with Crippen molar-refractivity contribution in [1.29, 1.82) is 0 Å². The number of ether oxygens (including phenoxy) is 2. The predicted octanol–water partition coefficient (Wildman–Crippen LogP) is 3.41. The van der Waals surface area contributed by atoms with Crippen molar-refractivity contribution in [2.45, 2.75) is 32.0 Å². The van der Waals surface area contributed by atoms with Gasteiger partial charge in [-0.1, -0.05) is 42.0 Å². The minimum absolute atomic E-state index is 0.170. The summed E-state index contributed by atoms with van der Waals surface area (Å²) in [5.41, 5.74) is 2.24. The summed E-state index contributed by atoms with van der Waals surface area (Å²) in [5, 5.41) is 0. The SMILES string of the molecule is C=CCCC1=CC(=O)O[C@@H](COCc2ccccc2)C1. The third-order valence-corrected chi connectivity index (χ3v) is 3.18. The lowest BCUT2D eigenvalue weighted by Gasteiger charge is -2.23. The Morgan fingerprint density at radius 1 is 1.35 bits per heavy atom. The van der Waals surface area contributed by atoms with Crippen LogP contribution < -0.4 is 0 Å². The van der Waals surface area contributed by atoms with Gasteiger partial charge in [0.05, 0.1) is 13.2 Å². The zero-order valence-corrected chi connectivity index (χ0v) is 11.6. The lowest BCUT2D eigenvalue weighted by molar-refractivity contribution is -0.147. The molecule has 0 aromatic heterocycles. The summed E-state index contributed by atoms with van der Waals surface area (Å²) in [6.45, 7) is 4.68. The van der Waals surface area contributed by atoms with Crippen molar-refractivity contribution in [2.24, 2.45) is 0 Å². The molecule has 0 aliphatic carbocycles. The van der Waals surface area contributed by atoms with Gasteiger partial charge in [-0.2, -0.15) is 0 Å². The number of cyclic esters (lactones) is 1. The van der Waals surface area contributed by atoms with Gasteiger partial charge in [0, 0.05) is 12.5 Å².